The number of aryl methyl sites for hydroxylation is 1. The van der Waals surface area contributed by atoms with E-state index >= 15 is 0 Å². The Bertz CT molecular complexity index is 332. The Morgan fingerprint density at radius 1 is 1.50 bits per heavy atom. The van der Waals surface area contributed by atoms with E-state index in [2.05, 4.69) is 15.9 Å². The second kappa shape index (κ2) is 3.27. The first-order valence-corrected chi connectivity index (χ1v) is 4.32. The summed E-state index contributed by atoms with van der Waals surface area (Å²) >= 11 is 3.20. The molecular weight excluding hydrogens is 220 g/mol. The highest BCUT2D eigenvalue weighted by atomic mass is 79.9. The summed E-state index contributed by atoms with van der Waals surface area (Å²) in [5.41, 5.74) is 1.07. The molecule has 0 unspecified atom stereocenters. The fourth-order valence-electron chi connectivity index (χ4n) is 1.01. The Morgan fingerprint density at radius 3 is 2.50 bits per heavy atom. The number of phenols is 1. The molecule has 1 rings (SSSR count). The molecule has 12 heavy (non-hydrogen) atoms. The van der Waals surface area contributed by atoms with Crippen molar-refractivity contribution in [3.05, 3.63) is 27.7 Å². The van der Waals surface area contributed by atoms with Crippen LogP contribution in [-0.4, -0.2) is 10.9 Å². The van der Waals surface area contributed by atoms with E-state index in [1.807, 2.05) is 0 Å². The minimum Gasteiger partial charge on any atom is -0.507 e. The third kappa shape index (κ3) is 1.50. The second-order valence-corrected chi connectivity index (χ2v) is 3.50. The lowest BCUT2D eigenvalue weighted by molar-refractivity contribution is 0.101. The van der Waals surface area contributed by atoms with Crippen LogP contribution in [0.3, 0.4) is 0 Å². The number of phenolic OH excluding ortho intramolecular Hbond substituents is 1. The molecule has 64 valence electrons. The van der Waals surface area contributed by atoms with Gasteiger partial charge in [-0.3, -0.25) is 4.79 Å². The van der Waals surface area contributed by atoms with E-state index in [0.29, 0.717) is 15.6 Å². The van der Waals surface area contributed by atoms with Crippen LogP contribution in [0.4, 0.5) is 0 Å². The average molecular weight is 229 g/mol. The summed E-state index contributed by atoms with van der Waals surface area (Å²) in [6.07, 6.45) is 0. The van der Waals surface area contributed by atoms with E-state index in [9.17, 15) is 9.90 Å². The summed E-state index contributed by atoms with van der Waals surface area (Å²) < 4.78 is 0.637. The lowest BCUT2D eigenvalue weighted by Crippen LogP contribution is -1.95. The Hall–Kier alpha value is -0.830. The molecule has 3 heteroatoms. The molecule has 2 nitrogen and oxygen atoms in total. The standard InChI is InChI=1S/C9H9BrO2/c1-5-3-4-7(10)8(6(2)11)9(5)12/h3-4,12H,1-2H3. The van der Waals surface area contributed by atoms with Gasteiger partial charge in [0.15, 0.2) is 5.78 Å². The fraction of sp³-hybridized carbons (Fsp3) is 0.222. The lowest BCUT2D eigenvalue weighted by Gasteiger charge is -2.05. The Morgan fingerprint density at radius 2 is 2.08 bits per heavy atom. The minimum absolute atomic E-state index is 0.0666. The van der Waals surface area contributed by atoms with Crippen LogP contribution in [-0.2, 0) is 0 Å². The van der Waals surface area contributed by atoms with Crippen molar-refractivity contribution in [2.45, 2.75) is 13.8 Å². The maximum absolute atomic E-state index is 11.0. The molecule has 0 aliphatic heterocycles. The highest BCUT2D eigenvalue weighted by molar-refractivity contribution is 9.10. The number of halogens is 1. The smallest absolute Gasteiger partial charge is 0.164 e. The zero-order valence-electron chi connectivity index (χ0n) is 6.89. The molecule has 0 radical (unpaired) electrons. The molecule has 0 aromatic heterocycles. The number of carbonyl (C=O) groups is 1. The van der Waals surface area contributed by atoms with Gasteiger partial charge in [-0.05, 0) is 41.4 Å². The zero-order valence-corrected chi connectivity index (χ0v) is 8.47. The van der Waals surface area contributed by atoms with Crippen molar-refractivity contribution in [2.75, 3.05) is 0 Å². The van der Waals surface area contributed by atoms with Gasteiger partial charge in [0.2, 0.25) is 0 Å². The van der Waals surface area contributed by atoms with E-state index in [-0.39, 0.29) is 11.5 Å². The average Bonchev–Trinajstić information content (AvgIpc) is 1.97. The van der Waals surface area contributed by atoms with Crippen LogP contribution in [0, 0.1) is 6.92 Å². The largest absolute Gasteiger partial charge is 0.507 e. The maximum atomic E-state index is 11.0. The first-order chi connectivity index (χ1) is 5.54. The van der Waals surface area contributed by atoms with Gasteiger partial charge in [0, 0.05) is 4.47 Å². The molecule has 0 heterocycles. The van der Waals surface area contributed by atoms with Gasteiger partial charge < -0.3 is 5.11 Å². The normalized spacial score (nSPS) is 9.92. The van der Waals surface area contributed by atoms with Crippen molar-refractivity contribution in [3.63, 3.8) is 0 Å². The highest BCUT2D eigenvalue weighted by Gasteiger charge is 2.12. The first kappa shape index (κ1) is 9.26. The van der Waals surface area contributed by atoms with Gasteiger partial charge in [-0.1, -0.05) is 6.07 Å². The summed E-state index contributed by atoms with van der Waals surface area (Å²) in [5.74, 6) is -0.0695. The van der Waals surface area contributed by atoms with E-state index in [1.54, 1.807) is 19.1 Å². The molecule has 1 aromatic rings. The van der Waals surface area contributed by atoms with Gasteiger partial charge >= 0.3 is 0 Å². The predicted octanol–water partition coefficient (Wildman–Crippen LogP) is 2.67. The molecule has 0 bridgehead atoms. The Balaban J connectivity index is 3.43. The van der Waals surface area contributed by atoms with Crippen LogP contribution in [0.1, 0.15) is 22.8 Å². The summed E-state index contributed by atoms with van der Waals surface area (Å²) in [4.78, 5) is 11.0. The topological polar surface area (TPSA) is 37.3 Å². The number of hydrogen-bond donors (Lipinski definition) is 1. The molecule has 0 atom stereocenters. The highest BCUT2D eigenvalue weighted by Crippen LogP contribution is 2.29. The monoisotopic (exact) mass is 228 g/mol. The van der Waals surface area contributed by atoms with Gasteiger partial charge in [-0.2, -0.15) is 0 Å². The van der Waals surface area contributed by atoms with E-state index < -0.39 is 0 Å². The van der Waals surface area contributed by atoms with Crippen LogP contribution < -0.4 is 0 Å². The molecular formula is C9H9BrO2. The number of aromatic hydroxyl groups is 1. The summed E-state index contributed by atoms with van der Waals surface area (Å²) in [5, 5.41) is 9.50. The summed E-state index contributed by atoms with van der Waals surface area (Å²) in [7, 11) is 0. The van der Waals surface area contributed by atoms with Crippen LogP contribution in [0.2, 0.25) is 0 Å². The number of rotatable bonds is 1. The van der Waals surface area contributed by atoms with Gasteiger partial charge in [-0.15, -0.1) is 0 Å². The van der Waals surface area contributed by atoms with Crippen LogP contribution >= 0.6 is 15.9 Å². The number of ketones is 1. The molecule has 0 aliphatic rings. The SMILES string of the molecule is CC(=O)c1c(Br)ccc(C)c1O. The van der Waals surface area contributed by atoms with Gasteiger partial charge in [0.25, 0.3) is 0 Å². The Labute approximate surface area is 79.3 Å². The van der Waals surface area contributed by atoms with Crippen LogP contribution in [0.15, 0.2) is 16.6 Å². The molecule has 1 aromatic carbocycles. The summed E-state index contributed by atoms with van der Waals surface area (Å²) in [6.45, 7) is 3.19. The van der Waals surface area contributed by atoms with E-state index in [4.69, 9.17) is 0 Å². The Kier molecular flexibility index (Phi) is 2.52. The predicted molar refractivity (Wildman–Crippen MR) is 50.5 cm³/mol. The second-order valence-electron chi connectivity index (χ2n) is 2.64. The van der Waals surface area contributed by atoms with Crippen molar-refractivity contribution < 1.29 is 9.90 Å². The molecule has 0 amide bonds. The van der Waals surface area contributed by atoms with Crippen LogP contribution in [0.25, 0.3) is 0 Å². The number of Topliss-reactive ketones (excluding diaryl/α,β-unsaturated/α-hetero) is 1. The van der Waals surface area contributed by atoms with Crippen molar-refractivity contribution >= 4 is 21.7 Å². The minimum atomic E-state index is -0.136. The van der Waals surface area contributed by atoms with Crippen LogP contribution in [0.5, 0.6) is 5.75 Å². The lowest BCUT2D eigenvalue weighted by atomic mass is 10.1. The number of hydrogen-bond acceptors (Lipinski definition) is 2. The van der Waals surface area contributed by atoms with Gasteiger partial charge in [-0.25, -0.2) is 0 Å². The molecule has 0 fully saturated rings. The van der Waals surface area contributed by atoms with Crippen molar-refractivity contribution in [2.24, 2.45) is 0 Å². The summed E-state index contributed by atoms with van der Waals surface area (Å²) in [6, 6.07) is 3.51. The van der Waals surface area contributed by atoms with E-state index in [1.165, 1.54) is 6.92 Å². The van der Waals surface area contributed by atoms with Crippen molar-refractivity contribution in [1.82, 2.24) is 0 Å². The molecule has 0 aliphatic carbocycles. The quantitative estimate of drug-likeness (QED) is 0.751. The zero-order chi connectivity index (χ0) is 9.30. The molecule has 0 saturated carbocycles. The van der Waals surface area contributed by atoms with Gasteiger partial charge in [0.05, 0.1) is 5.56 Å². The third-order valence-electron chi connectivity index (χ3n) is 1.68. The number of benzene rings is 1. The van der Waals surface area contributed by atoms with E-state index in [0.717, 1.165) is 0 Å². The first-order valence-electron chi connectivity index (χ1n) is 3.53. The molecule has 0 saturated heterocycles. The molecule has 0 spiro atoms. The fourth-order valence-corrected chi connectivity index (χ4v) is 1.60. The number of carbonyl (C=O) groups excluding carboxylic acids is 1. The van der Waals surface area contributed by atoms with Gasteiger partial charge in [0.1, 0.15) is 5.75 Å². The van der Waals surface area contributed by atoms with Crippen molar-refractivity contribution in [1.29, 1.82) is 0 Å². The maximum Gasteiger partial charge on any atom is 0.164 e. The molecule has 1 N–H and O–H groups in total. The van der Waals surface area contributed by atoms with Crippen molar-refractivity contribution in [3.8, 4) is 5.75 Å². The third-order valence-corrected chi connectivity index (χ3v) is 2.34.